The first kappa shape index (κ1) is 22.6. The zero-order valence-corrected chi connectivity index (χ0v) is 17.5. The Morgan fingerprint density at radius 2 is 1.68 bits per heavy atom. The molecule has 5 nitrogen and oxygen atoms in total. The lowest BCUT2D eigenvalue weighted by Crippen LogP contribution is -2.18. The Bertz CT molecular complexity index is 1120. The molecule has 2 amide bonds. The number of aromatic nitrogens is 1. The monoisotopic (exact) mass is 465 g/mol. The number of nitrogens with zero attached hydrogens (tertiary/aromatic N) is 1. The molecule has 2 aromatic carbocycles. The summed E-state index contributed by atoms with van der Waals surface area (Å²) in [5.74, 6) is -0.983. The predicted octanol–water partition coefficient (Wildman–Crippen LogP) is 5.52. The normalized spacial score (nSPS) is 11.1. The van der Waals surface area contributed by atoms with E-state index in [1.165, 1.54) is 31.1 Å². The highest BCUT2D eigenvalue weighted by Crippen LogP contribution is 2.35. The van der Waals surface area contributed by atoms with Crippen molar-refractivity contribution < 1.29 is 22.8 Å². The number of halogens is 4. The minimum atomic E-state index is -4.66. The van der Waals surface area contributed by atoms with Gasteiger partial charge in [-0.3, -0.25) is 14.6 Å². The molecule has 0 atom stereocenters. The van der Waals surface area contributed by atoms with E-state index >= 15 is 0 Å². The van der Waals surface area contributed by atoms with Crippen LogP contribution in [0.2, 0.25) is 5.02 Å². The highest BCUT2D eigenvalue weighted by Gasteiger charge is 2.33. The molecule has 0 unspecified atom stereocenters. The molecule has 3 rings (SSSR count). The van der Waals surface area contributed by atoms with Gasteiger partial charge in [0.2, 0.25) is 0 Å². The van der Waals surface area contributed by atoms with Crippen LogP contribution in [0.1, 0.15) is 26.4 Å². The van der Waals surface area contributed by atoms with Crippen LogP contribution in [0.25, 0.3) is 0 Å². The Hall–Kier alpha value is -3.04. The second kappa shape index (κ2) is 9.40. The number of hydrogen-bond acceptors (Lipinski definition) is 4. The van der Waals surface area contributed by atoms with Gasteiger partial charge >= 0.3 is 6.18 Å². The van der Waals surface area contributed by atoms with Crippen LogP contribution in [0, 0.1) is 0 Å². The van der Waals surface area contributed by atoms with Crippen molar-refractivity contribution in [2.45, 2.75) is 16.0 Å². The molecule has 0 fully saturated rings. The zero-order valence-electron chi connectivity index (χ0n) is 16.0. The summed E-state index contributed by atoms with van der Waals surface area (Å²) < 4.78 is 39.0. The fourth-order valence-electron chi connectivity index (χ4n) is 2.56. The smallest absolute Gasteiger partial charge is 0.354 e. The number of carbonyl (C=O) groups excluding carboxylic acids is 2. The third-order valence-electron chi connectivity index (χ3n) is 4.07. The van der Waals surface area contributed by atoms with E-state index < -0.39 is 22.7 Å². The minimum absolute atomic E-state index is 0.159. The van der Waals surface area contributed by atoms with Crippen LogP contribution < -0.4 is 10.6 Å². The molecule has 0 aliphatic heterocycles. The Balaban J connectivity index is 1.70. The lowest BCUT2D eigenvalue weighted by Gasteiger charge is -2.11. The molecular formula is C21H15ClF3N3O2S. The molecule has 31 heavy (non-hydrogen) atoms. The van der Waals surface area contributed by atoms with Gasteiger partial charge in [-0.05, 0) is 54.6 Å². The summed E-state index contributed by atoms with van der Waals surface area (Å²) in [5, 5.41) is 4.59. The average Bonchev–Trinajstić information content (AvgIpc) is 2.74. The number of benzene rings is 2. The molecular weight excluding hydrogens is 451 g/mol. The molecule has 3 aromatic rings. The molecule has 0 saturated heterocycles. The van der Waals surface area contributed by atoms with E-state index in [0.29, 0.717) is 5.69 Å². The maximum atomic E-state index is 13.0. The highest BCUT2D eigenvalue weighted by molar-refractivity contribution is 7.99. The first-order chi connectivity index (χ1) is 14.7. The summed E-state index contributed by atoms with van der Waals surface area (Å²) in [5.41, 5.74) is -0.521. The van der Waals surface area contributed by atoms with Crippen molar-refractivity contribution in [2.24, 2.45) is 0 Å². The van der Waals surface area contributed by atoms with Crippen molar-refractivity contribution in [3.8, 4) is 0 Å². The Kier molecular flexibility index (Phi) is 6.87. The molecule has 0 bridgehead atoms. The van der Waals surface area contributed by atoms with Gasteiger partial charge in [0.15, 0.2) is 0 Å². The van der Waals surface area contributed by atoms with Crippen molar-refractivity contribution >= 4 is 40.9 Å². The largest absolute Gasteiger partial charge is 0.417 e. The molecule has 0 spiro atoms. The maximum Gasteiger partial charge on any atom is 0.417 e. The molecule has 0 radical (unpaired) electrons. The first-order valence-corrected chi connectivity index (χ1v) is 10.0. The van der Waals surface area contributed by atoms with Crippen molar-refractivity contribution in [3.05, 3.63) is 82.6 Å². The summed E-state index contributed by atoms with van der Waals surface area (Å²) >= 11 is 6.97. The van der Waals surface area contributed by atoms with E-state index in [1.807, 2.05) is 0 Å². The molecule has 0 aliphatic carbocycles. The molecule has 1 aromatic heterocycles. The van der Waals surface area contributed by atoms with Gasteiger partial charge in [0, 0.05) is 34.3 Å². The fourth-order valence-corrected chi connectivity index (χ4v) is 3.62. The molecule has 2 N–H and O–H groups in total. The number of amides is 2. The van der Waals surface area contributed by atoms with Crippen molar-refractivity contribution in [2.75, 3.05) is 12.4 Å². The van der Waals surface area contributed by atoms with Crippen molar-refractivity contribution in [1.29, 1.82) is 0 Å². The van der Waals surface area contributed by atoms with E-state index in [2.05, 4.69) is 15.6 Å². The predicted molar refractivity (Wildman–Crippen MR) is 113 cm³/mol. The third kappa shape index (κ3) is 5.77. The van der Waals surface area contributed by atoms with Crippen LogP contribution in [-0.4, -0.2) is 23.8 Å². The standard InChI is InChI=1S/C21H15ClF3N3O2S/c1-26-20(30)18-11-15(8-9-27-18)31-14-5-3-13(4-6-14)28-19(29)12-2-7-17(22)16(10-12)21(23,24)25/h2-11H,1H3,(H,26,30)(H,28,29). The Morgan fingerprint density at radius 1 is 0.968 bits per heavy atom. The Labute approximate surface area is 185 Å². The average molecular weight is 466 g/mol. The zero-order chi connectivity index (χ0) is 22.6. The molecule has 160 valence electrons. The third-order valence-corrected chi connectivity index (χ3v) is 5.40. The van der Waals surface area contributed by atoms with Crippen LogP contribution in [0.3, 0.4) is 0 Å². The Morgan fingerprint density at radius 3 is 2.32 bits per heavy atom. The maximum absolute atomic E-state index is 13.0. The van der Waals surface area contributed by atoms with Gasteiger partial charge in [-0.1, -0.05) is 23.4 Å². The van der Waals surface area contributed by atoms with Crippen LogP contribution in [0.4, 0.5) is 18.9 Å². The van der Waals surface area contributed by atoms with Gasteiger partial charge in [-0.2, -0.15) is 13.2 Å². The van der Waals surface area contributed by atoms with Crippen molar-refractivity contribution in [3.63, 3.8) is 0 Å². The summed E-state index contributed by atoms with van der Waals surface area (Å²) in [7, 11) is 1.52. The summed E-state index contributed by atoms with van der Waals surface area (Å²) in [6.45, 7) is 0. The molecule has 1 heterocycles. The van der Waals surface area contributed by atoms with Crippen LogP contribution in [0.5, 0.6) is 0 Å². The number of nitrogens with one attached hydrogen (secondary N) is 2. The fraction of sp³-hybridized carbons (Fsp3) is 0.0952. The van der Waals surface area contributed by atoms with Gasteiger partial charge in [0.05, 0.1) is 10.6 Å². The van der Waals surface area contributed by atoms with E-state index in [4.69, 9.17) is 11.6 Å². The van der Waals surface area contributed by atoms with E-state index in [-0.39, 0.29) is 17.2 Å². The van der Waals surface area contributed by atoms with Gasteiger partial charge < -0.3 is 10.6 Å². The minimum Gasteiger partial charge on any atom is -0.354 e. The quantitative estimate of drug-likeness (QED) is 0.520. The molecule has 0 aliphatic rings. The van der Waals surface area contributed by atoms with Gasteiger partial charge in [-0.25, -0.2) is 0 Å². The van der Waals surface area contributed by atoms with E-state index in [9.17, 15) is 22.8 Å². The number of anilines is 1. The lowest BCUT2D eigenvalue weighted by atomic mass is 10.1. The van der Waals surface area contributed by atoms with Gasteiger partial charge in [0.25, 0.3) is 11.8 Å². The molecule has 10 heteroatoms. The summed E-state index contributed by atoms with van der Waals surface area (Å²) in [6, 6.07) is 13.1. The lowest BCUT2D eigenvalue weighted by molar-refractivity contribution is -0.137. The van der Waals surface area contributed by atoms with Gasteiger partial charge in [0.1, 0.15) is 5.69 Å². The second-order valence-electron chi connectivity index (χ2n) is 6.23. The number of rotatable bonds is 5. The number of hydrogen-bond donors (Lipinski definition) is 2. The topological polar surface area (TPSA) is 71.1 Å². The van der Waals surface area contributed by atoms with Crippen LogP contribution >= 0.6 is 23.4 Å². The van der Waals surface area contributed by atoms with Crippen molar-refractivity contribution in [1.82, 2.24) is 10.3 Å². The van der Waals surface area contributed by atoms with E-state index in [1.54, 1.807) is 36.4 Å². The van der Waals surface area contributed by atoms with Crippen LogP contribution in [0.15, 0.2) is 70.6 Å². The molecule has 0 saturated carbocycles. The second-order valence-corrected chi connectivity index (χ2v) is 7.78. The van der Waals surface area contributed by atoms with Crippen LogP contribution in [-0.2, 0) is 6.18 Å². The number of alkyl halides is 3. The highest BCUT2D eigenvalue weighted by atomic mass is 35.5. The summed E-state index contributed by atoms with van der Waals surface area (Å²) in [4.78, 5) is 29.7. The van der Waals surface area contributed by atoms with E-state index in [0.717, 1.165) is 21.9 Å². The number of carbonyl (C=O) groups is 2. The number of pyridine rings is 1. The SMILES string of the molecule is CNC(=O)c1cc(Sc2ccc(NC(=O)c3ccc(Cl)c(C(F)(F)F)c3)cc2)ccn1. The van der Waals surface area contributed by atoms with Gasteiger partial charge in [-0.15, -0.1) is 0 Å². The summed E-state index contributed by atoms with van der Waals surface area (Å²) in [6.07, 6.45) is -3.13. The first-order valence-electron chi connectivity index (χ1n) is 8.81.